The van der Waals surface area contributed by atoms with E-state index in [1.807, 2.05) is 6.92 Å². The summed E-state index contributed by atoms with van der Waals surface area (Å²) >= 11 is 7.28. The Hall–Kier alpha value is -3.03. The van der Waals surface area contributed by atoms with Crippen LogP contribution < -0.4 is 10.6 Å². The molecule has 8 heteroatoms. The van der Waals surface area contributed by atoms with E-state index < -0.39 is 0 Å². The van der Waals surface area contributed by atoms with Crippen molar-refractivity contribution in [2.24, 2.45) is 0 Å². The zero-order valence-electron chi connectivity index (χ0n) is 14.3. The molecular weight excluding hydrogens is 384 g/mol. The van der Waals surface area contributed by atoms with Crippen molar-refractivity contribution in [3.8, 4) is 0 Å². The van der Waals surface area contributed by atoms with Gasteiger partial charge in [0, 0.05) is 23.3 Å². The lowest BCUT2D eigenvalue weighted by Gasteiger charge is -2.10. The highest BCUT2D eigenvalue weighted by atomic mass is 35.5. The van der Waals surface area contributed by atoms with Gasteiger partial charge in [-0.2, -0.15) is 0 Å². The van der Waals surface area contributed by atoms with Crippen molar-refractivity contribution in [3.63, 3.8) is 0 Å². The van der Waals surface area contributed by atoms with Crippen LogP contribution in [-0.2, 0) is 4.79 Å². The zero-order valence-corrected chi connectivity index (χ0v) is 15.8. The molecule has 0 saturated carbocycles. The van der Waals surface area contributed by atoms with Gasteiger partial charge < -0.3 is 10.6 Å². The van der Waals surface area contributed by atoms with E-state index in [1.54, 1.807) is 48.7 Å². The molecule has 3 aromatic rings. The number of rotatable bonds is 5. The van der Waals surface area contributed by atoms with Crippen LogP contribution in [0.4, 0.5) is 11.5 Å². The molecule has 0 bridgehead atoms. The first kappa shape index (κ1) is 18.8. The van der Waals surface area contributed by atoms with E-state index in [0.29, 0.717) is 22.1 Å². The summed E-state index contributed by atoms with van der Waals surface area (Å²) in [7, 11) is 0. The second-order valence-corrected chi connectivity index (χ2v) is 7.17. The molecule has 0 unspecified atom stereocenters. The molecule has 3 rings (SSSR count). The molecule has 0 radical (unpaired) electrons. The van der Waals surface area contributed by atoms with Gasteiger partial charge in [0.2, 0.25) is 5.91 Å². The van der Waals surface area contributed by atoms with Gasteiger partial charge in [0.25, 0.3) is 5.91 Å². The monoisotopic (exact) mass is 398 g/mol. The summed E-state index contributed by atoms with van der Waals surface area (Å²) in [6.07, 6.45) is 6.23. The molecule has 0 aliphatic rings. The summed E-state index contributed by atoms with van der Waals surface area (Å²) in [6.45, 7) is 1.90. The van der Waals surface area contributed by atoms with Gasteiger partial charge in [-0.05, 0) is 37.3 Å². The molecule has 136 valence electrons. The van der Waals surface area contributed by atoms with E-state index in [0.717, 1.165) is 9.88 Å². The predicted octanol–water partition coefficient (Wildman–Crippen LogP) is 4.40. The quantitative estimate of drug-likeness (QED) is 0.624. The number of anilines is 2. The van der Waals surface area contributed by atoms with Gasteiger partial charge >= 0.3 is 0 Å². The van der Waals surface area contributed by atoms with E-state index in [1.165, 1.54) is 23.6 Å². The first-order chi connectivity index (χ1) is 13.0. The topological polar surface area (TPSA) is 84.0 Å². The summed E-state index contributed by atoms with van der Waals surface area (Å²) in [5.74, 6) is -0.361. The molecular formula is C19H15ClN4O2S. The fraction of sp³-hybridized carbons (Fsp3) is 0.0526. The van der Waals surface area contributed by atoms with Crippen molar-refractivity contribution in [3.05, 3.63) is 75.3 Å². The second-order valence-electron chi connectivity index (χ2n) is 5.47. The van der Waals surface area contributed by atoms with Crippen LogP contribution in [0.2, 0.25) is 5.02 Å². The predicted molar refractivity (Wildman–Crippen MR) is 108 cm³/mol. The molecule has 27 heavy (non-hydrogen) atoms. The minimum atomic E-state index is -0.386. The second kappa shape index (κ2) is 8.57. The molecule has 6 nitrogen and oxygen atoms in total. The molecule has 0 saturated heterocycles. The van der Waals surface area contributed by atoms with Crippen LogP contribution in [0, 0.1) is 6.92 Å². The van der Waals surface area contributed by atoms with Gasteiger partial charge in [-0.3, -0.25) is 9.59 Å². The molecule has 0 aliphatic carbocycles. The number of thiazole rings is 1. The highest BCUT2D eigenvalue weighted by Crippen LogP contribution is 2.18. The molecule has 0 fully saturated rings. The van der Waals surface area contributed by atoms with Gasteiger partial charge in [0.1, 0.15) is 5.82 Å². The summed E-state index contributed by atoms with van der Waals surface area (Å²) in [6, 6.07) is 9.97. The van der Waals surface area contributed by atoms with E-state index in [2.05, 4.69) is 20.6 Å². The number of para-hydroxylation sites is 1. The number of halogens is 1. The largest absolute Gasteiger partial charge is 0.322 e. The maximum absolute atomic E-state index is 12.5. The number of amides is 2. The molecule has 0 spiro atoms. The van der Waals surface area contributed by atoms with Crippen LogP contribution in [0.1, 0.15) is 20.2 Å². The number of hydrogen-bond donors (Lipinski definition) is 2. The van der Waals surface area contributed by atoms with Gasteiger partial charge in [0.05, 0.1) is 21.3 Å². The Kier molecular flexibility index (Phi) is 5.95. The van der Waals surface area contributed by atoms with Crippen molar-refractivity contribution in [2.45, 2.75) is 6.92 Å². The summed E-state index contributed by atoms with van der Waals surface area (Å²) in [4.78, 5) is 33.8. The minimum absolute atomic E-state index is 0.324. The molecule has 2 N–H and O–H groups in total. The Morgan fingerprint density at radius 3 is 2.59 bits per heavy atom. The number of benzene rings is 1. The average Bonchev–Trinajstić information content (AvgIpc) is 3.08. The van der Waals surface area contributed by atoms with Crippen LogP contribution in [-0.4, -0.2) is 21.8 Å². The lowest BCUT2D eigenvalue weighted by Crippen LogP contribution is -2.17. The summed E-state index contributed by atoms with van der Waals surface area (Å²) in [5.41, 5.74) is 0.726. The van der Waals surface area contributed by atoms with E-state index in [9.17, 15) is 9.59 Å². The molecule has 0 aliphatic heterocycles. The van der Waals surface area contributed by atoms with E-state index >= 15 is 0 Å². The van der Waals surface area contributed by atoms with E-state index in [-0.39, 0.29) is 11.8 Å². The highest BCUT2D eigenvalue weighted by molar-refractivity contribution is 7.12. The maximum Gasteiger partial charge on any atom is 0.258 e. The fourth-order valence-corrected chi connectivity index (χ4v) is 3.01. The Bertz CT molecular complexity index is 999. The maximum atomic E-state index is 12.5. The minimum Gasteiger partial charge on any atom is -0.322 e. The number of carbonyl (C=O) groups is 2. The number of aromatic nitrogens is 2. The van der Waals surface area contributed by atoms with Crippen molar-refractivity contribution in [1.82, 2.24) is 9.97 Å². The third-order valence-corrected chi connectivity index (χ3v) is 4.54. The SMILES string of the molecule is Cc1ncc(/C=C/C(=O)Nc2ccccc2C(=O)Nc2ccc(Cl)cn2)s1. The molecule has 2 amide bonds. The van der Waals surface area contributed by atoms with Crippen molar-refractivity contribution >= 4 is 52.3 Å². The standard InChI is InChI=1S/C19H15ClN4O2S/c1-12-21-11-14(27-12)7-9-18(25)23-16-5-3-2-4-15(16)19(26)24-17-8-6-13(20)10-22-17/h2-11H,1H3,(H,23,25)(H,22,24,26)/b9-7+. The van der Waals surface area contributed by atoms with Crippen LogP contribution in [0.25, 0.3) is 6.08 Å². The van der Waals surface area contributed by atoms with Crippen molar-refractivity contribution in [2.75, 3.05) is 10.6 Å². The van der Waals surface area contributed by atoms with Crippen molar-refractivity contribution < 1.29 is 9.59 Å². The average molecular weight is 399 g/mol. The smallest absolute Gasteiger partial charge is 0.258 e. The third kappa shape index (κ3) is 5.22. The molecule has 1 aromatic carbocycles. The van der Waals surface area contributed by atoms with Crippen LogP contribution >= 0.6 is 22.9 Å². The van der Waals surface area contributed by atoms with Gasteiger partial charge in [0.15, 0.2) is 0 Å². The lowest BCUT2D eigenvalue weighted by atomic mass is 10.1. The highest BCUT2D eigenvalue weighted by Gasteiger charge is 2.13. The number of carbonyl (C=O) groups excluding carboxylic acids is 2. The van der Waals surface area contributed by atoms with Crippen LogP contribution in [0.15, 0.2) is 54.9 Å². The Labute approximate surface area is 164 Å². The van der Waals surface area contributed by atoms with Crippen LogP contribution in [0.3, 0.4) is 0 Å². The number of nitrogens with one attached hydrogen (secondary N) is 2. The number of nitrogens with zero attached hydrogens (tertiary/aromatic N) is 2. The van der Waals surface area contributed by atoms with Crippen molar-refractivity contribution in [1.29, 1.82) is 0 Å². The zero-order chi connectivity index (χ0) is 19.2. The number of hydrogen-bond acceptors (Lipinski definition) is 5. The number of aryl methyl sites for hydroxylation is 1. The lowest BCUT2D eigenvalue weighted by molar-refractivity contribution is -0.111. The first-order valence-electron chi connectivity index (χ1n) is 7.95. The number of pyridine rings is 1. The normalized spacial score (nSPS) is 10.7. The Balaban J connectivity index is 1.71. The van der Waals surface area contributed by atoms with Gasteiger partial charge in [-0.1, -0.05) is 23.7 Å². The summed E-state index contributed by atoms with van der Waals surface area (Å²) in [5, 5.41) is 6.79. The Morgan fingerprint density at radius 2 is 1.89 bits per heavy atom. The molecule has 0 atom stereocenters. The first-order valence-corrected chi connectivity index (χ1v) is 9.14. The van der Waals surface area contributed by atoms with Gasteiger partial charge in [-0.25, -0.2) is 9.97 Å². The van der Waals surface area contributed by atoms with Crippen LogP contribution in [0.5, 0.6) is 0 Å². The Morgan fingerprint density at radius 1 is 1.07 bits per heavy atom. The summed E-state index contributed by atoms with van der Waals surface area (Å²) < 4.78 is 0. The third-order valence-electron chi connectivity index (χ3n) is 3.44. The molecule has 2 heterocycles. The van der Waals surface area contributed by atoms with E-state index in [4.69, 9.17) is 11.6 Å². The fourth-order valence-electron chi connectivity index (χ4n) is 2.21. The van der Waals surface area contributed by atoms with Gasteiger partial charge in [-0.15, -0.1) is 11.3 Å². The molecule has 2 aromatic heterocycles.